The topological polar surface area (TPSA) is 83.5 Å². The number of carboxylic acid groups (broad SMARTS) is 1. The van der Waals surface area contributed by atoms with Gasteiger partial charge in [0.2, 0.25) is 0 Å². The Morgan fingerprint density at radius 3 is 2.67 bits per heavy atom. The number of carbonyl (C=O) groups is 1. The lowest BCUT2D eigenvalue weighted by Crippen LogP contribution is -2.23. The second kappa shape index (κ2) is 6.53. The molecule has 0 spiro atoms. The molecule has 0 aliphatic heterocycles. The predicted molar refractivity (Wildman–Crippen MR) is 68.3 cm³/mol. The predicted octanol–water partition coefficient (Wildman–Crippen LogP) is 1.30. The maximum absolute atomic E-state index is 11.9. The number of nitrogens with one attached hydrogen (secondary N) is 1. The lowest BCUT2D eigenvalue weighted by molar-refractivity contribution is -0.131. The Kier molecular flexibility index (Phi) is 5.33. The standard InChI is InChI=1S/C11H12ClNO4S/c12-9-4-1-2-5-10(9)18(16,17)8-13-7-3-6-11(14)15/h1-6,13H,7-8H2,(H,14,15)/b6-3+. The van der Waals surface area contributed by atoms with Crippen molar-refractivity contribution in [2.45, 2.75) is 4.90 Å². The van der Waals surface area contributed by atoms with Gasteiger partial charge in [-0.25, -0.2) is 13.2 Å². The third-order valence-electron chi connectivity index (χ3n) is 1.99. The van der Waals surface area contributed by atoms with E-state index in [0.717, 1.165) is 6.08 Å². The van der Waals surface area contributed by atoms with Gasteiger partial charge >= 0.3 is 5.97 Å². The van der Waals surface area contributed by atoms with Crippen molar-refractivity contribution in [3.8, 4) is 0 Å². The molecule has 0 aliphatic rings. The summed E-state index contributed by atoms with van der Waals surface area (Å²) in [5.41, 5.74) is 0. The van der Waals surface area contributed by atoms with Crippen molar-refractivity contribution >= 4 is 27.4 Å². The molecule has 0 aliphatic carbocycles. The van der Waals surface area contributed by atoms with Gasteiger partial charge < -0.3 is 5.11 Å². The van der Waals surface area contributed by atoms with E-state index in [4.69, 9.17) is 16.7 Å². The van der Waals surface area contributed by atoms with Gasteiger partial charge in [0.25, 0.3) is 0 Å². The molecule has 0 radical (unpaired) electrons. The maximum Gasteiger partial charge on any atom is 0.328 e. The largest absolute Gasteiger partial charge is 0.478 e. The molecule has 18 heavy (non-hydrogen) atoms. The molecular weight excluding hydrogens is 278 g/mol. The molecule has 0 heterocycles. The van der Waals surface area contributed by atoms with Crippen LogP contribution < -0.4 is 5.32 Å². The molecular formula is C11H12ClNO4S. The highest BCUT2D eigenvalue weighted by Crippen LogP contribution is 2.20. The minimum absolute atomic E-state index is 0.0568. The van der Waals surface area contributed by atoms with Gasteiger partial charge in [-0.15, -0.1) is 0 Å². The number of sulfone groups is 1. The fourth-order valence-corrected chi connectivity index (χ4v) is 2.89. The summed E-state index contributed by atoms with van der Waals surface area (Å²) in [6.07, 6.45) is 2.26. The second-order valence-electron chi connectivity index (χ2n) is 3.38. The Morgan fingerprint density at radius 1 is 1.39 bits per heavy atom. The van der Waals surface area contributed by atoms with Gasteiger partial charge in [-0.1, -0.05) is 29.8 Å². The van der Waals surface area contributed by atoms with Crippen molar-refractivity contribution in [1.29, 1.82) is 0 Å². The third kappa shape index (κ3) is 4.48. The maximum atomic E-state index is 11.9. The van der Waals surface area contributed by atoms with Crippen molar-refractivity contribution in [2.75, 3.05) is 12.4 Å². The molecule has 0 unspecified atom stereocenters. The van der Waals surface area contributed by atoms with Crippen LogP contribution in [0.2, 0.25) is 5.02 Å². The normalized spacial score (nSPS) is 11.8. The van der Waals surface area contributed by atoms with Gasteiger partial charge in [0.15, 0.2) is 9.84 Å². The fourth-order valence-electron chi connectivity index (χ4n) is 1.21. The number of halogens is 1. The molecule has 1 aromatic carbocycles. The fraction of sp³-hybridized carbons (Fsp3) is 0.182. The zero-order chi connectivity index (χ0) is 13.6. The minimum Gasteiger partial charge on any atom is -0.478 e. The van der Waals surface area contributed by atoms with E-state index in [1.807, 2.05) is 0 Å². The van der Waals surface area contributed by atoms with E-state index in [1.165, 1.54) is 18.2 Å². The molecule has 0 saturated carbocycles. The summed E-state index contributed by atoms with van der Waals surface area (Å²) in [6, 6.07) is 6.15. The van der Waals surface area contributed by atoms with E-state index in [2.05, 4.69) is 5.32 Å². The van der Waals surface area contributed by atoms with Crippen molar-refractivity contribution in [3.63, 3.8) is 0 Å². The van der Waals surface area contributed by atoms with Crippen LogP contribution in [0.3, 0.4) is 0 Å². The van der Waals surface area contributed by atoms with Crippen LogP contribution in [0.1, 0.15) is 0 Å². The van der Waals surface area contributed by atoms with E-state index in [9.17, 15) is 13.2 Å². The highest BCUT2D eigenvalue weighted by Gasteiger charge is 2.16. The first kappa shape index (κ1) is 14.7. The summed E-state index contributed by atoms with van der Waals surface area (Å²) in [4.78, 5) is 10.2. The lowest BCUT2D eigenvalue weighted by atomic mass is 10.4. The molecule has 0 atom stereocenters. The summed E-state index contributed by atoms with van der Waals surface area (Å²) in [5.74, 6) is -1.38. The Labute approximate surface area is 110 Å². The smallest absolute Gasteiger partial charge is 0.328 e. The van der Waals surface area contributed by atoms with E-state index in [-0.39, 0.29) is 22.3 Å². The monoisotopic (exact) mass is 289 g/mol. The van der Waals surface area contributed by atoms with Gasteiger partial charge in [0.1, 0.15) is 5.88 Å². The van der Waals surface area contributed by atoms with Crippen LogP contribution in [0.5, 0.6) is 0 Å². The number of benzene rings is 1. The quantitative estimate of drug-likeness (QED) is 0.609. The first-order valence-corrected chi connectivity index (χ1v) is 7.04. The van der Waals surface area contributed by atoms with Gasteiger partial charge in [-0.2, -0.15) is 0 Å². The van der Waals surface area contributed by atoms with E-state index in [1.54, 1.807) is 12.1 Å². The van der Waals surface area contributed by atoms with Crippen LogP contribution in [0.4, 0.5) is 0 Å². The van der Waals surface area contributed by atoms with Crippen molar-refractivity contribution in [3.05, 3.63) is 41.4 Å². The second-order valence-corrected chi connectivity index (χ2v) is 5.75. The molecule has 0 aromatic heterocycles. The highest BCUT2D eigenvalue weighted by molar-refractivity contribution is 7.91. The Morgan fingerprint density at radius 2 is 2.06 bits per heavy atom. The Hall–Kier alpha value is -1.37. The van der Waals surface area contributed by atoms with E-state index < -0.39 is 15.8 Å². The number of hydrogen-bond acceptors (Lipinski definition) is 4. The first-order valence-electron chi connectivity index (χ1n) is 5.01. The molecule has 0 saturated heterocycles. The zero-order valence-corrected chi connectivity index (χ0v) is 10.9. The average Bonchev–Trinajstić information content (AvgIpc) is 2.28. The minimum atomic E-state index is -3.52. The SMILES string of the molecule is O=C(O)/C=C/CNCS(=O)(=O)c1ccccc1Cl. The lowest BCUT2D eigenvalue weighted by Gasteiger charge is -2.06. The van der Waals surface area contributed by atoms with Crippen molar-refractivity contribution < 1.29 is 18.3 Å². The Balaban J connectivity index is 2.62. The van der Waals surface area contributed by atoms with Crippen LogP contribution in [0.15, 0.2) is 41.3 Å². The highest BCUT2D eigenvalue weighted by atomic mass is 35.5. The molecule has 1 aromatic rings. The van der Waals surface area contributed by atoms with E-state index in [0.29, 0.717) is 0 Å². The molecule has 1 rings (SSSR count). The van der Waals surface area contributed by atoms with E-state index >= 15 is 0 Å². The molecule has 98 valence electrons. The molecule has 7 heteroatoms. The third-order valence-corrected chi connectivity index (χ3v) is 4.04. The molecule has 0 amide bonds. The van der Waals surface area contributed by atoms with Gasteiger partial charge in [0, 0.05) is 12.6 Å². The van der Waals surface area contributed by atoms with Crippen LogP contribution >= 0.6 is 11.6 Å². The summed E-state index contributed by atoms with van der Waals surface area (Å²) in [5, 5.41) is 11.1. The molecule has 2 N–H and O–H groups in total. The Bertz CT molecular complexity index is 554. The number of aliphatic carboxylic acids is 1. The van der Waals surface area contributed by atoms with Crippen LogP contribution in [0, 0.1) is 0 Å². The van der Waals surface area contributed by atoms with Crippen molar-refractivity contribution in [1.82, 2.24) is 5.32 Å². The zero-order valence-electron chi connectivity index (χ0n) is 9.34. The van der Waals surface area contributed by atoms with Crippen LogP contribution in [-0.2, 0) is 14.6 Å². The van der Waals surface area contributed by atoms with Gasteiger partial charge in [0.05, 0.1) is 9.92 Å². The number of carboxylic acids is 1. The number of hydrogen-bond donors (Lipinski definition) is 2. The first-order chi connectivity index (χ1) is 8.43. The van der Waals surface area contributed by atoms with Gasteiger partial charge in [-0.05, 0) is 12.1 Å². The molecule has 0 fully saturated rings. The summed E-state index contributed by atoms with van der Waals surface area (Å²) in [7, 11) is -3.52. The van der Waals surface area contributed by atoms with Gasteiger partial charge in [-0.3, -0.25) is 5.32 Å². The van der Waals surface area contributed by atoms with Crippen LogP contribution in [-0.4, -0.2) is 31.9 Å². The summed E-state index contributed by atoms with van der Waals surface area (Å²) >= 11 is 5.79. The van der Waals surface area contributed by atoms with Crippen molar-refractivity contribution in [2.24, 2.45) is 0 Å². The average molecular weight is 290 g/mol. The number of rotatable bonds is 6. The molecule has 0 bridgehead atoms. The summed E-state index contributed by atoms with van der Waals surface area (Å²) in [6.45, 7) is 0.149. The van der Waals surface area contributed by atoms with Crippen LogP contribution in [0.25, 0.3) is 0 Å². The summed E-state index contributed by atoms with van der Waals surface area (Å²) < 4.78 is 23.7. The molecule has 5 nitrogen and oxygen atoms in total.